The Morgan fingerprint density at radius 3 is 3.00 bits per heavy atom. The van der Waals surface area contributed by atoms with Crippen LogP contribution in [0.25, 0.3) is 10.2 Å². The first-order valence-corrected chi connectivity index (χ1v) is 6.51. The predicted molar refractivity (Wildman–Crippen MR) is 73.6 cm³/mol. The highest BCUT2D eigenvalue weighted by atomic mass is 32.1. The molecule has 0 unspecified atom stereocenters. The second-order valence-corrected chi connectivity index (χ2v) is 4.84. The van der Waals surface area contributed by atoms with E-state index in [0.717, 1.165) is 6.42 Å². The van der Waals surface area contributed by atoms with E-state index in [1.807, 2.05) is 6.92 Å². The van der Waals surface area contributed by atoms with Gasteiger partial charge >= 0.3 is 6.03 Å². The van der Waals surface area contributed by atoms with Gasteiger partial charge in [-0.2, -0.15) is 0 Å². The number of nitro benzene ring substituents is 1. The summed E-state index contributed by atoms with van der Waals surface area (Å²) in [4.78, 5) is 25.8. The van der Waals surface area contributed by atoms with E-state index in [9.17, 15) is 14.9 Å². The summed E-state index contributed by atoms with van der Waals surface area (Å²) in [5, 5.41) is 16.3. The van der Waals surface area contributed by atoms with Gasteiger partial charge in [-0.25, -0.2) is 9.78 Å². The van der Waals surface area contributed by atoms with Crippen LogP contribution < -0.4 is 10.6 Å². The molecule has 0 saturated heterocycles. The van der Waals surface area contributed by atoms with Crippen molar-refractivity contribution in [2.45, 2.75) is 13.3 Å². The van der Waals surface area contributed by atoms with Crippen molar-refractivity contribution in [3.05, 3.63) is 28.3 Å². The highest BCUT2D eigenvalue weighted by Crippen LogP contribution is 2.28. The van der Waals surface area contributed by atoms with Crippen molar-refractivity contribution in [3.63, 3.8) is 0 Å². The van der Waals surface area contributed by atoms with E-state index in [1.165, 1.54) is 23.5 Å². The predicted octanol–water partition coefficient (Wildman–Crippen LogP) is 2.74. The monoisotopic (exact) mass is 280 g/mol. The Morgan fingerprint density at radius 1 is 1.53 bits per heavy atom. The van der Waals surface area contributed by atoms with Gasteiger partial charge in [-0.05, 0) is 12.5 Å². The van der Waals surface area contributed by atoms with Gasteiger partial charge in [0.2, 0.25) is 0 Å². The zero-order valence-corrected chi connectivity index (χ0v) is 11.0. The lowest BCUT2D eigenvalue weighted by Gasteiger charge is -2.02. The summed E-state index contributed by atoms with van der Waals surface area (Å²) < 4.78 is 0.667. The number of nitro groups is 1. The summed E-state index contributed by atoms with van der Waals surface area (Å²) in [6, 6.07) is 4.08. The molecule has 1 aromatic carbocycles. The number of urea groups is 1. The van der Waals surface area contributed by atoms with Crippen LogP contribution in [0.3, 0.4) is 0 Å². The number of rotatable bonds is 4. The smallest absolute Gasteiger partial charge is 0.321 e. The van der Waals surface area contributed by atoms with Crippen LogP contribution in [-0.4, -0.2) is 22.5 Å². The summed E-state index contributed by atoms with van der Waals surface area (Å²) in [5.41, 5.74) is 0.638. The topological polar surface area (TPSA) is 97.2 Å². The molecule has 0 aliphatic rings. The van der Waals surface area contributed by atoms with Crippen molar-refractivity contribution < 1.29 is 9.72 Å². The Labute approximate surface area is 112 Å². The van der Waals surface area contributed by atoms with E-state index in [4.69, 9.17) is 0 Å². The number of amides is 2. The summed E-state index contributed by atoms with van der Waals surface area (Å²) in [6.45, 7) is 2.54. The van der Waals surface area contributed by atoms with Gasteiger partial charge in [0.15, 0.2) is 5.13 Å². The number of hydrogen-bond acceptors (Lipinski definition) is 5. The number of thiazole rings is 1. The van der Waals surface area contributed by atoms with E-state index in [1.54, 1.807) is 6.07 Å². The molecule has 2 amide bonds. The highest BCUT2D eigenvalue weighted by molar-refractivity contribution is 7.22. The lowest BCUT2D eigenvalue weighted by molar-refractivity contribution is -0.384. The molecule has 0 fully saturated rings. The molecule has 0 saturated carbocycles. The normalized spacial score (nSPS) is 10.4. The van der Waals surface area contributed by atoms with E-state index in [0.29, 0.717) is 21.9 Å². The number of aromatic nitrogens is 1. The zero-order valence-electron chi connectivity index (χ0n) is 10.2. The minimum absolute atomic E-state index is 0.0122. The Bertz CT molecular complexity index is 625. The van der Waals surface area contributed by atoms with E-state index in [-0.39, 0.29) is 11.7 Å². The third-order valence-corrected chi connectivity index (χ3v) is 3.27. The second-order valence-electron chi connectivity index (χ2n) is 3.81. The molecule has 0 spiro atoms. The molecule has 7 nitrogen and oxygen atoms in total. The molecule has 0 bridgehead atoms. The molecule has 0 radical (unpaired) electrons. The van der Waals surface area contributed by atoms with Gasteiger partial charge in [0.25, 0.3) is 5.69 Å². The number of hydrogen-bond donors (Lipinski definition) is 2. The molecular weight excluding hydrogens is 268 g/mol. The fourth-order valence-corrected chi connectivity index (χ4v) is 2.35. The van der Waals surface area contributed by atoms with Crippen LogP contribution in [0, 0.1) is 10.1 Å². The molecule has 100 valence electrons. The summed E-state index contributed by atoms with van der Waals surface area (Å²) in [6.07, 6.45) is 0.847. The number of carbonyl (C=O) groups is 1. The van der Waals surface area contributed by atoms with Crippen LogP contribution in [0.5, 0.6) is 0 Å². The van der Waals surface area contributed by atoms with Gasteiger partial charge in [0, 0.05) is 18.7 Å². The molecule has 19 heavy (non-hydrogen) atoms. The fraction of sp³-hybridized carbons (Fsp3) is 0.273. The average Bonchev–Trinajstić information content (AvgIpc) is 2.77. The van der Waals surface area contributed by atoms with Crippen molar-refractivity contribution in [2.75, 3.05) is 11.9 Å². The van der Waals surface area contributed by atoms with Crippen LogP contribution in [0.4, 0.5) is 15.6 Å². The molecule has 2 N–H and O–H groups in total. The molecule has 1 aromatic heterocycles. The van der Waals surface area contributed by atoms with Crippen LogP contribution in [0.15, 0.2) is 18.2 Å². The van der Waals surface area contributed by atoms with Crippen molar-refractivity contribution >= 4 is 38.4 Å². The maximum Gasteiger partial charge on any atom is 0.321 e. The molecule has 2 aromatic rings. The summed E-state index contributed by atoms with van der Waals surface area (Å²) >= 11 is 1.20. The Morgan fingerprint density at radius 2 is 2.32 bits per heavy atom. The third kappa shape index (κ3) is 3.16. The van der Waals surface area contributed by atoms with E-state index >= 15 is 0 Å². The van der Waals surface area contributed by atoms with Crippen LogP contribution >= 0.6 is 11.3 Å². The molecule has 0 atom stereocenters. The fourth-order valence-electron chi connectivity index (χ4n) is 1.46. The number of benzene rings is 1. The van der Waals surface area contributed by atoms with Gasteiger partial charge in [-0.3, -0.25) is 15.4 Å². The first-order valence-electron chi connectivity index (χ1n) is 5.70. The first kappa shape index (κ1) is 13.2. The lowest BCUT2D eigenvalue weighted by atomic mass is 10.3. The number of nitrogens with one attached hydrogen (secondary N) is 2. The number of anilines is 1. The van der Waals surface area contributed by atoms with Crippen LogP contribution in [0.1, 0.15) is 13.3 Å². The minimum Gasteiger partial charge on any atom is -0.338 e. The highest BCUT2D eigenvalue weighted by Gasteiger charge is 2.11. The molecule has 2 rings (SSSR count). The van der Waals surface area contributed by atoms with Crippen molar-refractivity contribution in [1.82, 2.24) is 10.3 Å². The number of carbonyl (C=O) groups excluding carboxylic acids is 1. The van der Waals surface area contributed by atoms with Gasteiger partial charge in [0.1, 0.15) is 0 Å². The van der Waals surface area contributed by atoms with Crippen LogP contribution in [-0.2, 0) is 0 Å². The standard InChI is InChI=1S/C11H12N4O3S/c1-2-5-12-10(16)14-11-13-8-4-3-7(15(17)18)6-9(8)19-11/h3-4,6H,2,5H2,1H3,(H2,12,13,14,16). The van der Waals surface area contributed by atoms with E-state index in [2.05, 4.69) is 15.6 Å². The average molecular weight is 280 g/mol. The van der Waals surface area contributed by atoms with Crippen molar-refractivity contribution in [3.8, 4) is 0 Å². The molecule has 1 heterocycles. The van der Waals surface area contributed by atoms with Crippen molar-refractivity contribution in [2.24, 2.45) is 0 Å². The summed E-state index contributed by atoms with van der Waals surface area (Å²) in [7, 11) is 0. The maximum atomic E-state index is 11.5. The summed E-state index contributed by atoms with van der Waals surface area (Å²) in [5.74, 6) is 0. The van der Waals surface area contributed by atoms with E-state index < -0.39 is 4.92 Å². The largest absolute Gasteiger partial charge is 0.338 e. The second kappa shape index (κ2) is 5.61. The molecule has 8 heteroatoms. The van der Waals surface area contributed by atoms with Crippen LogP contribution in [0.2, 0.25) is 0 Å². The van der Waals surface area contributed by atoms with Gasteiger partial charge in [0.05, 0.1) is 15.1 Å². The third-order valence-electron chi connectivity index (χ3n) is 2.34. The quantitative estimate of drug-likeness (QED) is 0.664. The Hall–Kier alpha value is -2.22. The minimum atomic E-state index is -0.458. The Kier molecular flexibility index (Phi) is 3.91. The molecule has 0 aliphatic carbocycles. The maximum absolute atomic E-state index is 11.5. The van der Waals surface area contributed by atoms with Gasteiger partial charge < -0.3 is 5.32 Å². The molecular formula is C11H12N4O3S. The van der Waals surface area contributed by atoms with Gasteiger partial charge in [-0.15, -0.1) is 0 Å². The number of nitrogens with zero attached hydrogens (tertiary/aromatic N) is 2. The number of non-ortho nitro benzene ring substituents is 1. The van der Waals surface area contributed by atoms with Gasteiger partial charge in [-0.1, -0.05) is 18.3 Å². The first-order chi connectivity index (χ1) is 9.10. The molecule has 0 aliphatic heterocycles. The Balaban J connectivity index is 2.17. The van der Waals surface area contributed by atoms with Crippen molar-refractivity contribution in [1.29, 1.82) is 0 Å². The lowest BCUT2D eigenvalue weighted by Crippen LogP contribution is -2.29. The number of fused-ring (bicyclic) bond motifs is 1. The zero-order chi connectivity index (χ0) is 13.8. The SMILES string of the molecule is CCCNC(=O)Nc1nc2ccc([N+](=O)[O-])cc2s1.